The van der Waals surface area contributed by atoms with E-state index in [0.29, 0.717) is 26.2 Å². The molecule has 30 heavy (non-hydrogen) atoms. The average molecular weight is 462 g/mol. The molecule has 5 nitrogen and oxygen atoms in total. The molecule has 0 spiro atoms. The summed E-state index contributed by atoms with van der Waals surface area (Å²) in [4.78, 5) is 12.8. The van der Waals surface area contributed by atoms with E-state index in [1.165, 1.54) is 18.2 Å². The van der Waals surface area contributed by atoms with Gasteiger partial charge in [0.15, 0.2) is 6.04 Å². The minimum atomic E-state index is -0.850. The van der Waals surface area contributed by atoms with Gasteiger partial charge >= 0.3 is 5.90 Å². The van der Waals surface area contributed by atoms with Crippen molar-refractivity contribution in [2.75, 3.05) is 0 Å². The standard InChI is InChI=1S/C22H16Cl3N3O2/c23-16-8-6-13(7-9-16)19(21(27)30-20(26)14-4-2-1-3-5-14)28-22(29)15-10-17(24)12-18(25)11-15/h1-12,19,26-27H,(H,28,29)/p+1. The van der Waals surface area contributed by atoms with Gasteiger partial charge in [-0.2, -0.15) is 0 Å². The van der Waals surface area contributed by atoms with Crippen LogP contribution in [0.1, 0.15) is 27.5 Å². The van der Waals surface area contributed by atoms with E-state index in [1.807, 2.05) is 6.07 Å². The SMILES string of the molecule is N=C(OC(=[NH2+])C(NC(=O)c1cc(Cl)cc(Cl)c1)c1ccc(Cl)cc1)c1ccccc1. The first kappa shape index (κ1) is 21.8. The van der Waals surface area contributed by atoms with Crippen LogP contribution in [0.25, 0.3) is 0 Å². The number of carbonyl (C=O) groups is 1. The van der Waals surface area contributed by atoms with Crippen LogP contribution in [0.2, 0.25) is 15.1 Å². The van der Waals surface area contributed by atoms with E-state index in [9.17, 15) is 4.79 Å². The molecule has 0 fully saturated rings. The molecular weight excluding hydrogens is 445 g/mol. The third-order valence-electron chi connectivity index (χ3n) is 4.14. The maximum absolute atomic E-state index is 12.8. The van der Waals surface area contributed by atoms with E-state index in [1.54, 1.807) is 48.5 Å². The van der Waals surface area contributed by atoms with Crippen LogP contribution < -0.4 is 10.7 Å². The predicted octanol–water partition coefficient (Wildman–Crippen LogP) is 4.32. The van der Waals surface area contributed by atoms with E-state index in [0.717, 1.165) is 0 Å². The van der Waals surface area contributed by atoms with Crippen molar-refractivity contribution in [3.8, 4) is 0 Å². The molecule has 1 atom stereocenters. The normalized spacial score (nSPS) is 11.4. The lowest BCUT2D eigenvalue weighted by Gasteiger charge is -2.17. The molecule has 152 valence electrons. The Morgan fingerprint density at radius 3 is 2.07 bits per heavy atom. The van der Waals surface area contributed by atoms with Crippen molar-refractivity contribution in [3.63, 3.8) is 0 Å². The first-order valence-electron chi connectivity index (χ1n) is 8.80. The molecular formula is C22H17Cl3N3O2+. The second kappa shape index (κ2) is 9.76. The van der Waals surface area contributed by atoms with E-state index >= 15 is 0 Å². The molecule has 3 aromatic rings. The van der Waals surface area contributed by atoms with Crippen LogP contribution in [0.3, 0.4) is 0 Å². The second-order valence-corrected chi connectivity index (χ2v) is 7.63. The Morgan fingerprint density at radius 2 is 1.47 bits per heavy atom. The van der Waals surface area contributed by atoms with Crippen molar-refractivity contribution >= 4 is 52.5 Å². The molecule has 3 rings (SSSR count). The number of benzene rings is 3. The van der Waals surface area contributed by atoms with Gasteiger partial charge in [-0.25, -0.2) is 5.41 Å². The quantitative estimate of drug-likeness (QED) is 0.390. The molecule has 0 aromatic heterocycles. The summed E-state index contributed by atoms with van der Waals surface area (Å²) >= 11 is 18.0. The first-order chi connectivity index (χ1) is 14.3. The summed E-state index contributed by atoms with van der Waals surface area (Å²) in [7, 11) is 0. The zero-order chi connectivity index (χ0) is 21.7. The first-order valence-corrected chi connectivity index (χ1v) is 9.93. The summed E-state index contributed by atoms with van der Waals surface area (Å²) in [6.45, 7) is 0. The van der Waals surface area contributed by atoms with Crippen LogP contribution in [0.15, 0.2) is 72.8 Å². The van der Waals surface area contributed by atoms with Gasteiger partial charge in [-0.1, -0.05) is 65.1 Å². The number of amides is 1. The molecule has 3 aromatic carbocycles. The molecule has 0 saturated heterocycles. The Labute approximate surface area is 188 Å². The molecule has 0 radical (unpaired) electrons. The fourth-order valence-electron chi connectivity index (χ4n) is 2.70. The summed E-state index contributed by atoms with van der Waals surface area (Å²) in [6.07, 6.45) is 0. The van der Waals surface area contributed by atoms with Gasteiger partial charge in [0.1, 0.15) is 0 Å². The summed E-state index contributed by atoms with van der Waals surface area (Å²) in [5.41, 5.74) is 1.43. The molecule has 0 saturated carbocycles. The number of carbonyl (C=O) groups excluding carboxylic acids is 1. The highest BCUT2D eigenvalue weighted by molar-refractivity contribution is 6.35. The lowest BCUT2D eigenvalue weighted by atomic mass is 10.1. The van der Waals surface area contributed by atoms with Crippen LogP contribution in [0, 0.1) is 5.41 Å². The highest BCUT2D eigenvalue weighted by atomic mass is 35.5. The van der Waals surface area contributed by atoms with Crippen LogP contribution in [-0.2, 0) is 4.74 Å². The second-order valence-electron chi connectivity index (χ2n) is 6.32. The molecule has 0 heterocycles. The van der Waals surface area contributed by atoms with E-state index in [4.69, 9.17) is 50.4 Å². The highest BCUT2D eigenvalue weighted by Gasteiger charge is 2.28. The third kappa shape index (κ3) is 5.60. The van der Waals surface area contributed by atoms with Crippen molar-refractivity contribution in [2.45, 2.75) is 6.04 Å². The number of ether oxygens (including phenoxy) is 1. The van der Waals surface area contributed by atoms with Gasteiger partial charge in [-0.15, -0.1) is 0 Å². The van der Waals surface area contributed by atoms with Gasteiger partial charge in [0.05, 0.1) is 0 Å². The Hall–Kier alpha value is -2.86. The third-order valence-corrected chi connectivity index (χ3v) is 4.83. The summed E-state index contributed by atoms with van der Waals surface area (Å²) in [6, 6.07) is 19.3. The van der Waals surface area contributed by atoms with Gasteiger partial charge in [0.25, 0.3) is 5.91 Å². The number of nitrogens with one attached hydrogen (secondary N) is 2. The Kier molecular flexibility index (Phi) is 7.11. The van der Waals surface area contributed by atoms with Crippen molar-refractivity contribution in [3.05, 3.63) is 105 Å². The number of hydrogen-bond donors (Lipinski definition) is 3. The number of hydrogen-bond acceptors (Lipinski definition) is 3. The minimum Gasteiger partial charge on any atom is -0.388 e. The van der Waals surface area contributed by atoms with Gasteiger partial charge in [-0.3, -0.25) is 10.2 Å². The number of nitrogens with two attached hydrogens (primary N) is 1. The van der Waals surface area contributed by atoms with E-state index in [-0.39, 0.29) is 17.4 Å². The minimum absolute atomic E-state index is 0.0762. The van der Waals surface area contributed by atoms with Gasteiger partial charge in [0.2, 0.25) is 5.90 Å². The zero-order valence-electron chi connectivity index (χ0n) is 15.5. The molecule has 0 bridgehead atoms. The molecule has 0 aliphatic heterocycles. The average Bonchev–Trinajstić information content (AvgIpc) is 2.72. The molecule has 4 N–H and O–H groups in total. The molecule has 1 unspecified atom stereocenters. The zero-order valence-corrected chi connectivity index (χ0v) is 17.8. The topological polar surface area (TPSA) is 87.8 Å². The van der Waals surface area contributed by atoms with Crippen LogP contribution >= 0.6 is 34.8 Å². The van der Waals surface area contributed by atoms with Gasteiger partial charge < -0.3 is 10.1 Å². The van der Waals surface area contributed by atoms with Gasteiger partial charge in [0, 0.05) is 26.2 Å². The van der Waals surface area contributed by atoms with E-state index < -0.39 is 11.9 Å². The fraction of sp³-hybridized carbons (Fsp3) is 0.0455. The van der Waals surface area contributed by atoms with Crippen molar-refractivity contribution < 1.29 is 14.9 Å². The molecule has 1 amide bonds. The monoisotopic (exact) mass is 460 g/mol. The van der Waals surface area contributed by atoms with E-state index in [2.05, 4.69) is 5.32 Å². The van der Waals surface area contributed by atoms with Crippen molar-refractivity contribution in [1.29, 1.82) is 5.41 Å². The maximum atomic E-state index is 12.8. The predicted molar refractivity (Wildman–Crippen MR) is 119 cm³/mol. The molecule has 0 aliphatic rings. The largest absolute Gasteiger partial charge is 0.388 e. The highest BCUT2D eigenvalue weighted by Crippen LogP contribution is 2.22. The lowest BCUT2D eigenvalue weighted by Crippen LogP contribution is -2.51. The maximum Gasteiger partial charge on any atom is 0.367 e. The van der Waals surface area contributed by atoms with Crippen LogP contribution in [-0.4, -0.2) is 17.7 Å². The summed E-state index contributed by atoms with van der Waals surface area (Å²) in [5, 5.41) is 18.3. The smallest absolute Gasteiger partial charge is 0.367 e. The van der Waals surface area contributed by atoms with Crippen LogP contribution in [0.5, 0.6) is 0 Å². The van der Waals surface area contributed by atoms with Gasteiger partial charge in [-0.05, 0) is 48.0 Å². The number of halogens is 3. The van der Waals surface area contributed by atoms with Crippen molar-refractivity contribution in [1.82, 2.24) is 5.32 Å². The molecule has 0 aliphatic carbocycles. The molecule has 8 heteroatoms. The Bertz CT molecular complexity index is 1070. The van der Waals surface area contributed by atoms with Crippen molar-refractivity contribution in [2.24, 2.45) is 0 Å². The lowest BCUT2D eigenvalue weighted by molar-refractivity contribution is -0.137. The fourth-order valence-corrected chi connectivity index (χ4v) is 3.35. The number of rotatable bonds is 5. The Morgan fingerprint density at radius 1 is 0.867 bits per heavy atom. The Balaban J connectivity index is 1.86. The summed E-state index contributed by atoms with van der Waals surface area (Å²) in [5.74, 6) is -0.683. The van der Waals surface area contributed by atoms with Crippen LogP contribution in [0.4, 0.5) is 0 Å². The summed E-state index contributed by atoms with van der Waals surface area (Å²) < 4.78 is 5.55.